The molecule has 0 aromatic carbocycles. The zero-order valence-electron chi connectivity index (χ0n) is 10.6. The molecule has 2 aliphatic carbocycles. The molecule has 0 unspecified atom stereocenters. The molecule has 0 saturated heterocycles. The number of nitrogen functional groups attached to an aromatic ring is 1. The van der Waals surface area contributed by atoms with Gasteiger partial charge in [-0.2, -0.15) is 0 Å². The maximum absolute atomic E-state index is 5.95. The smallest absolute Gasteiger partial charge is 0.136 e. The monoisotopic (exact) mass is 232 g/mol. The summed E-state index contributed by atoms with van der Waals surface area (Å²) in [6.45, 7) is 5.29. The molecule has 2 saturated carbocycles. The van der Waals surface area contributed by atoms with Gasteiger partial charge >= 0.3 is 0 Å². The summed E-state index contributed by atoms with van der Waals surface area (Å²) in [5.74, 6) is 3.05. The Morgan fingerprint density at radius 1 is 1.35 bits per heavy atom. The summed E-state index contributed by atoms with van der Waals surface area (Å²) in [7, 11) is 0. The Balaban J connectivity index is 1.80. The number of nitrogens with zero attached hydrogens (tertiary/aromatic N) is 2. The van der Waals surface area contributed by atoms with Crippen LogP contribution in [-0.2, 0) is 0 Å². The maximum atomic E-state index is 5.95. The van der Waals surface area contributed by atoms with E-state index in [2.05, 4.69) is 22.2 Å². The molecule has 92 valence electrons. The molecule has 3 rings (SSSR count). The quantitative estimate of drug-likeness (QED) is 0.837. The first-order valence-electron chi connectivity index (χ1n) is 6.45. The molecule has 1 aromatic heterocycles. The van der Waals surface area contributed by atoms with Crippen molar-refractivity contribution in [3.63, 3.8) is 0 Å². The summed E-state index contributed by atoms with van der Waals surface area (Å²) in [5, 5.41) is 3.45. The normalized spacial score (nSPS) is 21.3. The topological polar surface area (TPSA) is 63.8 Å². The van der Waals surface area contributed by atoms with Crippen LogP contribution in [0.15, 0.2) is 0 Å². The van der Waals surface area contributed by atoms with Crippen molar-refractivity contribution in [1.82, 2.24) is 9.97 Å². The lowest BCUT2D eigenvalue weighted by Gasteiger charge is -2.14. The van der Waals surface area contributed by atoms with Crippen LogP contribution < -0.4 is 11.1 Å². The van der Waals surface area contributed by atoms with Gasteiger partial charge in [0.25, 0.3) is 0 Å². The van der Waals surface area contributed by atoms with E-state index >= 15 is 0 Å². The molecular formula is C13H20N4. The molecule has 0 aliphatic heterocycles. The number of nitrogens with two attached hydrogens (primary N) is 1. The molecule has 0 radical (unpaired) electrons. The Morgan fingerprint density at radius 2 is 2.06 bits per heavy atom. The molecule has 4 nitrogen and oxygen atoms in total. The van der Waals surface area contributed by atoms with Gasteiger partial charge in [-0.15, -0.1) is 0 Å². The number of rotatable bonds is 4. The van der Waals surface area contributed by atoms with Gasteiger partial charge in [-0.25, -0.2) is 9.97 Å². The van der Waals surface area contributed by atoms with E-state index in [1.807, 2.05) is 6.92 Å². The zero-order valence-corrected chi connectivity index (χ0v) is 10.6. The van der Waals surface area contributed by atoms with Gasteiger partial charge in [0.2, 0.25) is 0 Å². The molecule has 0 bridgehead atoms. The van der Waals surface area contributed by atoms with Crippen molar-refractivity contribution in [2.24, 2.45) is 5.41 Å². The van der Waals surface area contributed by atoms with Crippen LogP contribution in [0.1, 0.15) is 49.9 Å². The lowest BCUT2D eigenvalue weighted by Crippen LogP contribution is -2.15. The second kappa shape index (κ2) is 3.59. The highest BCUT2D eigenvalue weighted by Gasteiger charge is 2.37. The van der Waals surface area contributed by atoms with E-state index in [1.54, 1.807) is 0 Å². The Labute approximate surface area is 102 Å². The molecule has 1 heterocycles. The number of aromatic nitrogens is 2. The predicted molar refractivity (Wildman–Crippen MR) is 69.0 cm³/mol. The minimum atomic E-state index is 0.478. The van der Waals surface area contributed by atoms with Gasteiger partial charge < -0.3 is 11.1 Å². The van der Waals surface area contributed by atoms with E-state index in [0.717, 1.165) is 23.8 Å². The van der Waals surface area contributed by atoms with Crippen LogP contribution in [0.4, 0.5) is 11.6 Å². The number of nitrogens with one attached hydrogen (secondary N) is 1. The highest BCUT2D eigenvalue weighted by atomic mass is 15.1. The molecule has 0 atom stereocenters. The molecule has 1 aromatic rings. The Hall–Kier alpha value is -1.32. The first-order valence-corrected chi connectivity index (χ1v) is 6.45. The Morgan fingerprint density at radius 3 is 2.65 bits per heavy atom. The molecule has 3 N–H and O–H groups in total. The fourth-order valence-corrected chi connectivity index (χ4v) is 1.94. The van der Waals surface area contributed by atoms with Gasteiger partial charge in [0, 0.05) is 18.0 Å². The molecule has 0 amide bonds. The average Bonchev–Trinajstić information content (AvgIpc) is 3.16. The van der Waals surface area contributed by atoms with E-state index in [4.69, 9.17) is 5.73 Å². The lowest BCUT2D eigenvalue weighted by molar-refractivity contribution is 0.608. The highest BCUT2D eigenvalue weighted by molar-refractivity contribution is 5.55. The number of hydrogen-bond donors (Lipinski definition) is 2. The molecule has 4 heteroatoms. The second-order valence-electron chi connectivity index (χ2n) is 5.88. The summed E-state index contributed by atoms with van der Waals surface area (Å²) in [4.78, 5) is 9.01. The third-order valence-corrected chi connectivity index (χ3v) is 3.93. The van der Waals surface area contributed by atoms with Gasteiger partial charge in [-0.1, -0.05) is 6.92 Å². The zero-order chi connectivity index (χ0) is 12.0. The third kappa shape index (κ3) is 2.21. The summed E-state index contributed by atoms with van der Waals surface area (Å²) < 4.78 is 0. The van der Waals surface area contributed by atoms with Crippen LogP contribution in [0, 0.1) is 12.3 Å². The second-order valence-corrected chi connectivity index (χ2v) is 5.88. The molecule has 2 aliphatic rings. The van der Waals surface area contributed by atoms with E-state index in [0.29, 0.717) is 17.2 Å². The van der Waals surface area contributed by atoms with Crippen LogP contribution in [0.2, 0.25) is 0 Å². The molecule has 2 fully saturated rings. The Kier molecular flexibility index (Phi) is 2.28. The summed E-state index contributed by atoms with van der Waals surface area (Å²) in [6.07, 6.45) is 5.05. The fraction of sp³-hybridized carbons (Fsp3) is 0.692. The number of hydrogen-bond acceptors (Lipinski definition) is 4. The van der Waals surface area contributed by atoms with Gasteiger partial charge in [0.05, 0.1) is 0 Å². The first kappa shape index (κ1) is 10.8. The average molecular weight is 232 g/mol. The highest BCUT2D eigenvalue weighted by Crippen LogP contribution is 2.45. The van der Waals surface area contributed by atoms with Crippen LogP contribution >= 0.6 is 0 Å². The molecule has 17 heavy (non-hydrogen) atoms. The first-order chi connectivity index (χ1) is 8.07. The minimum absolute atomic E-state index is 0.478. The van der Waals surface area contributed by atoms with Crippen molar-refractivity contribution in [3.8, 4) is 0 Å². The summed E-state index contributed by atoms with van der Waals surface area (Å²) in [6, 6.07) is 0. The van der Waals surface area contributed by atoms with Crippen molar-refractivity contribution in [3.05, 3.63) is 11.4 Å². The molecular weight excluding hydrogens is 212 g/mol. The number of anilines is 2. The van der Waals surface area contributed by atoms with E-state index in [-0.39, 0.29) is 0 Å². The minimum Gasteiger partial charge on any atom is -0.383 e. The van der Waals surface area contributed by atoms with Crippen molar-refractivity contribution < 1.29 is 0 Å². The SMILES string of the molecule is Cc1c(N)nc(C2CC2)nc1NCC1(C)CC1. The lowest BCUT2D eigenvalue weighted by atomic mass is 10.1. The standard InChI is InChI=1S/C13H20N4/c1-8-10(14)16-12(9-3-4-9)17-11(8)15-7-13(2)5-6-13/h9H,3-7H2,1-2H3,(H3,14,15,16,17). The van der Waals surface area contributed by atoms with E-state index < -0.39 is 0 Å². The largest absolute Gasteiger partial charge is 0.383 e. The van der Waals surface area contributed by atoms with Crippen molar-refractivity contribution >= 4 is 11.6 Å². The summed E-state index contributed by atoms with van der Waals surface area (Å²) in [5.41, 5.74) is 7.41. The van der Waals surface area contributed by atoms with Gasteiger partial charge in [0.1, 0.15) is 17.5 Å². The van der Waals surface area contributed by atoms with Crippen molar-refractivity contribution in [2.45, 2.75) is 45.4 Å². The van der Waals surface area contributed by atoms with Crippen LogP contribution in [0.5, 0.6) is 0 Å². The third-order valence-electron chi connectivity index (χ3n) is 3.93. The van der Waals surface area contributed by atoms with E-state index in [1.165, 1.54) is 25.7 Å². The van der Waals surface area contributed by atoms with Crippen molar-refractivity contribution in [2.75, 3.05) is 17.6 Å². The van der Waals surface area contributed by atoms with Gasteiger partial charge in [-0.05, 0) is 38.0 Å². The van der Waals surface area contributed by atoms with Gasteiger partial charge in [-0.3, -0.25) is 0 Å². The van der Waals surface area contributed by atoms with E-state index in [9.17, 15) is 0 Å². The molecule has 0 spiro atoms. The summed E-state index contributed by atoms with van der Waals surface area (Å²) >= 11 is 0. The fourth-order valence-electron chi connectivity index (χ4n) is 1.94. The Bertz CT molecular complexity index is 447. The van der Waals surface area contributed by atoms with Crippen LogP contribution in [-0.4, -0.2) is 16.5 Å². The predicted octanol–water partition coefficient (Wildman–Crippen LogP) is 2.46. The van der Waals surface area contributed by atoms with Crippen molar-refractivity contribution in [1.29, 1.82) is 0 Å². The van der Waals surface area contributed by atoms with Crippen LogP contribution in [0.25, 0.3) is 0 Å². The van der Waals surface area contributed by atoms with Crippen LogP contribution in [0.3, 0.4) is 0 Å². The maximum Gasteiger partial charge on any atom is 0.136 e. The van der Waals surface area contributed by atoms with Gasteiger partial charge in [0.15, 0.2) is 0 Å².